The van der Waals surface area contributed by atoms with Crippen LogP contribution < -0.4 is 10.6 Å². The largest absolute Gasteiger partial charge is 0.384 e. The van der Waals surface area contributed by atoms with Gasteiger partial charge in [-0.25, -0.2) is 0 Å². The summed E-state index contributed by atoms with van der Waals surface area (Å²) in [5, 5.41) is 7.71. The molecule has 0 spiro atoms. The highest BCUT2D eigenvalue weighted by molar-refractivity contribution is 9.10. The summed E-state index contributed by atoms with van der Waals surface area (Å²) < 4.78 is 1.05. The van der Waals surface area contributed by atoms with E-state index in [0.29, 0.717) is 6.04 Å². The van der Waals surface area contributed by atoms with Gasteiger partial charge in [0.25, 0.3) is 0 Å². The molecule has 0 bridgehead atoms. The van der Waals surface area contributed by atoms with Crippen LogP contribution in [0.4, 0.5) is 5.69 Å². The molecule has 0 amide bonds. The van der Waals surface area contributed by atoms with Crippen molar-refractivity contribution in [2.45, 2.75) is 38.6 Å². The number of hydrogen-bond acceptors (Lipinski definition) is 2. The van der Waals surface area contributed by atoms with E-state index in [1.807, 2.05) is 12.1 Å². The molecular weight excluding hydrogens is 290 g/mol. The maximum Gasteiger partial charge on any atom is 0.124 e. The summed E-state index contributed by atoms with van der Waals surface area (Å²) in [4.78, 5) is 2.42. The molecule has 0 aromatic heterocycles. The van der Waals surface area contributed by atoms with Crippen molar-refractivity contribution in [1.82, 2.24) is 0 Å². The molecule has 0 heterocycles. The van der Waals surface area contributed by atoms with Gasteiger partial charge in [0.1, 0.15) is 5.84 Å². The van der Waals surface area contributed by atoms with Crippen LogP contribution in [0.2, 0.25) is 0 Å². The van der Waals surface area contributed by atoms with E-state index in [1.54, 1.807) is 0 Å². The summed E-state index contributed by atoms with van der Waals surface area (Å²) in [6.07, 6.45) is 4.88. The zero-order valence-corrected chi connectivity index (χ0v) is 12.3. The molecule has 18 heavy (non-hydrogen) atoms. The first-order chi connectivity index (χ1) is 8.63. The molecule has 3 nitrogen and oxygen atoms in total. The van der Waals surface area contributed by atoms with Crippen molar-refractivity contribution < 1.29 is 0 Å². The topological polar surface area (TPSA) is 53.1 Å². The Morgan fingerprint density at radius 2 is 2.22 bits per heavy atom. The van der Waals surface area contributed by atoms with E-state index in [0.717, 1.165) is 22.3 Å². The van der Waals surface area contributed by atoms with Crippen LogP contribution in [0, 0.1) is 5.41 Å². The molecule has 1 aliphatic rings. The van der Waals surface area contributed by atoms with Gasteiger partial charge >= 0.3 is 0 Å². The predicted octanol–water partition coefficient (Wildman–Crippen LogP) is 3.50. The lowest BCUT2D eigenvalue weighted by Gasteiger charge is -2.27. The number of nitrogens with two attached hydrogens (primary N) is 1. The summed E-state index contributed by atoms with van der Waals surface area (Å²) in [6.45, 7) is 3.26. The Hall–Kier alpha value is -1.03. The van der Waals surface area contributed by atoms with Crippen LogP contribution in [0.15, 0.2) is 22.7 Å². The molecule has 4 heteroatoms. The van der Waals surface area contributed by atoms with E-state index in [-0.39, 0.29) is 5.84 Å². The number of nitrogen functional groups attached to an aromatic ring is 1. The van der Waals surface area contributed by atoms with Gasteiger partial charge in [0.05, 0.1) is 0 Å². The second-order valence-electron chi connectivity index (χ2n) is 4.85. The number of benzene rings is 1. The fourth-order valence-corrected chi connectivity index (χ4v) is 2.53. The maximum atomic E-state index is 7.71. The molecule has 0 saturated heterocycles. The lowest BCUT2D eigenvalue weighted by molar-refractivity contribution is 0.712. The molecule has 0 unspecified atom stereocenters. The lowest BCUT2D eigenvalue weighted by atomic mass is 10.1. The van der Waals surface area contributed by atoms with Crippen molar-refractivity contribution in [1.29, 1.82) is 5.41 Å². The molecule has 98 valence electrons. The van der Waals surface area contributed by atoms with Gasteiger partial charge in [0.15, 0.2) is 0 Å². The zero-order chi connectivity index (χ0) is 13.1. The second-order valence-corrected chi connectivity index (χ2v) is 5.77. The first kappa shape index (κ1) is 13.4. The molecule has 1 fully saturated rings. The number of rotatable bonds is 6. The number of nitrogens with zero attached hydrogens (tertiary/aromatic N) is 1. The smallest absolute Gasteiger partial charge is 0.124 e. The summed E-state index contributed by atoms with van der Waals surface area (Å²) in [7, 11) is 0. The van der Waals surface area contributed by atoms with Crippen LogP contribution in [0.5, 0.6) is 0 Å². The Balaban J connectivity index is 2.32. The maximum absolute atomic E-state index is 7.71. The molecular formula is C14H20BrN3. The van der Waals surface area contributed by atoms with E-state index in [1.165, 1.54) is 25.7 Å². The number of anilines is 1. The average molecular weight is 310 g/mol. The van der Waals surface area contributed by atoms with Crippen LogP contribution in [0.1, 0.15) is 38.2 Å². The quantitative estimate of drug-likeness (QED) is 0.624. The fraction of sp³-hybridized carbons (Fsp3) is 0.500. The van der Waals surface area contributed by atoms with Gasteiger partial charge in [-0.2, -0.15) is 0 Å². The normalized spacial score (nSPS) is 14.6. The van der Waals surface area contributed by atoms with E-state index in [4.69, 9.17) is 11.1 Å². The SMILES string of the molecule is CCCCN(c1cc(Br)ccc1C(=N)N)C1CC1. The molecule has 0 radical (unpaired) electrons. The zero-order valence-electron chi connectivity index (χ0n) is 10.7. The molecule has 2 rings (SSSR count). The van der Waals surface area contributed by atoms with Gasteiger partial charge in [-0.05, 0) is 37.5 Å². The van der Waals surface area contributed by atoms with Gasteiger partial charge in [0.2, 0.25) is 0 Å². The van der Waals surface area contributed by atoms with Crippen molar-refractivity contribution in [2.75, 3.05) is 11.4 Å². The standard InChI is InChI=1S/C14H20BrN3/c1-2-3-8-18(11-5-6-11)13-9-10(15)4-7-12(13)14(16)17/h4,7,9,11H,2-3,5-6,8H2,1H3,(H3,16,17). The number of unbranched alkanes of at least 4 members (excludes halogenated alkanes) is 1. The van der Waals surface area contributed by atoms with Crippen molar-refractivity contribution in [3.8, 4) is 0 Å². The minimum absolute atomic E-state index is 0.152. The number of amidine groups is 1. The summed E-state index contributed by atoms with van der Waals surface area (Å²) in [5.74, 6) is 0.152. The van der Waals surface area contributed by atoms with Gasteiger partial charge in [-0.1, -0.05) is 29.3 Å². The van der Waals surface area contributed by atoms with E-state index in [9.17, 15) is 0 Å². The Morgan fingerprint density at radius 3 is 2.78 bits per heavy atom. The first-order valence-electron chi connectivity index (χ1n) is 6.54. The predicted molar refractivity (Wildman–Crippen MR) is 80.4 cm³/mol. The molecule has 1 aromatic carbocycles. The van der Waals surface area contributed by atoms with Gasteiger partial charge in [0, 0.05) is 28.3 Å². The van der Waals surface area contributed by atoms with Crippen LogP contribution in [0.3, 0.4) is 0 Å². The minimum atomic E-state index is 0.152. The molecule has 0 atom stereocenters. The molecule has 3 N–H and O–H groups in total. The third-order valence-electron chi connectivity index (χ3n) is 3.30. The van der Waals surface area contributed by atoms with Crippen molar-refractivity contribution in [3.63, 3.8) is 0 Å². The Kier molecular flexibility index (Phi) is 4.27. The van der Waals surface area contributed by atoms with E-state index >= 15 is 0 Å². The average Bonchev–Trinajstić information content (AvgIpc) is 3.13. The Labute approximate surface area is 117 Å². The first-order valence-corrected chi connectivity index (χ1v) is 7.33. The van der Waals surface area contributed by atoms with Crippen molar-refractivity contribution >= 4 is 27.5 Å². The monoisotopic (exact) mass is 309 g/mol. The van der Waals surface area contributed by atoms with Crippen LogP contribution in [-0.4, -0.2) is 18.4 Å². The van der Waals surface area contributed by atoms with Gasteiger partial charge in [-0.15, -0.1) is 0 Å². The van der Waals surface area contributed by atoms with Crippen LogP contribution >= 0.6 is 15.9 Å². The third-order valence-corrected chi connectivity index (χ3v) is 3.79. The lowest BCUT2D eigenvalue weighted by Crippen LogP contribution is -2.29. The highest BCUT2D eigenvalue weighted by Gasteiger charge is 2.30. The summed E-state index contributed by atoms with van der Waals surface area (Å²) >= 11 is 3.51. The van der Waals surface area contributed by atoms with Crippen molar-refractivity contribution in [3.05, 3.63) is 28.2 Å². The number of nitrogens with one attached hydrogen (secondary N) is 1. The minimum Gasteiger partial charge on any atom is -0.384 e. The van der Waals surface area contributed by atoms with Gasteiger partial charge < -0.3 is 10.6 Å². The fourth-order valence-electron chi connectivity index (χ4n) is 2.18. The second kappa shape index (κ2) is 5.74. The highest BCUT2D eigenvalue weighted by Crippen LogP contribution is 2.35. The van der Waals surface area contributed by atoms with Gasteiger partial charge in [-0.3, -0.25) is 5.41 Å². The molecule has 1 saturated carbocycles. The van der Waals surface area contributed by atoms with Crippen LogP contribution in [-0.2, 0) is 0 Å². The highest BCUT2D eigenvalue weighted by atomic mass is 79.9. The summed E-state index contributed by atoms with van der Waals surface area (Å²) in [6, 6.07) is 6.61. The Morgan fingerprint density at radius 1 is 1.50 bits per heavy atom. The molecule has 1 aliphatic carbocycles. The van der Waals surface area contributed by atoms with Crippen molar-refractivity contribution in [2.24, 2.45) is 5.73 Å². The van der Waals surface area contributed by atoms with E-state index in [2.05, 4.69) is 33.8 Å². The Bertz CT molecular complexity index is 441. The van der Waals surface area contributed by atoms with Crippen LogP contribution in [0.25, 0.3) is 0 Å². The molecule has 0 aliphatic heterocycles. The summed E-state index contributed by atoms with van der Waals surface area (Å²) in [5.41, 5.74) is 7.65. The van der Waals surface area contributed by atoms with E-state index < -0.39 is 0 Å². The number of hydrogen-bond donors (Lipinski definition) is 2. The number of halogens is 1. The molecule has 1 aromatic rings. The third kappa shape index (κ3) is 3.05.